The van der Waals surface area contributed by atoms with Gasteiger partial charge in [0.25, 0.3) is 0 Å². The summed E-state index contributed by atoms with van der Waals surface area (Å²) in [5.41, 5.74) is 0. The molecule has 0 aromatic heterocycles. The third-order valence-electron chi connectivity index (χ3n) is 1.45. The van der Waals surface area contributed by atoms with Crippen molar-refractivity contribution in [3.8, 4) is 0 Å². The fourth-order valence-electron chi connectivity index (χ4n) is 0.948. The van der Waals surface area contributed by atoms with Crippen LogP contribution in [0, 0.1) is 0 Å². The van der Waals surface area contributed by atoms with Crippen LogP contribution >= 0.6 is 0 Å². The first-order valence-corrected chi connectivity index (χ1v) is 3.48. The van der Waals surface area contributed by atoms with Crippen molar-refractivity contribution >= 4 is 12.4 Å². The Hall–Kier alpha value is -1.52. The van der Waals surface area contributed by atoms with Crippen molar-refractivity contribution < 1.29 is 14.3 Å². The smallest absolute Gasteiger partial charge is 0.333 e. The molecule has 0 saturated heterocycles. The Morgan fingerprint density at radius 2 is 2.42 bits per heavy atom. The molecule has 12 heavy (non-hydrogen) atoms. The summed E-state index contributed by atoms with van der Waals surface area (Å²) in [5.74, 6) is -0.537. The van der Waals surface area contributed by atoms with E-state index in [1.807, 2.05) is 18.1 Å². The molecule has 1 heterocycles. The van der Waals surface area contributed by atoms with E-state index in [1.165, 1.54) is 0 Å². The molecule has 0 spiro atoms. The molecule has 5 heteroatoms. The zero-order chi connectivity index (χ0) is 8.97. The van der Waals surface area contributed by atoms with E-state index >= 15 is 0 Å². The quantitative estimate of drug-likeness (QED) is 0.320. The van der Waals surface area contributed by atoms with Crippen LogP contribution in [-0.4, -0.2) is 42.5 Å². The number of esters is 1. The molecule has 0 aliphatic carbocycles. The molecule has 1 aliphatic rings. The molecule has 0 bridgehead atoms. The molecular formula is C7H10N2O3. The first-order valence-electron chi connectivity index (χ1n) is 3.48. The normalized spacial score (nSPS) is 15.1. The molecule has 0 fully saturated rings. The second kappa shape index (κ2) is 3.75. The van der Waals surface area contributed by atoms with Crippen LogP contribution < -0.4 is 0 Å². The van der Waals surface area contributed by atoms with Crippen LogP contribution in [0.5, 0.6) is 0 Å². The molecule has 5 nitrogen and oxygen atoms in total. The molecule has 1 aliphatic heterocycles. The molecule has 66 valence electrons. The minimum atomic E-state index is -0.537. The van der Waals surface area contributed by atoms with Crippen LogP contribution in [0.15, 0.2) is 12.4 Å². The molecule has 0 unspecified atom stereocenters. The summed E-state index contributed by atoms with van der Waals surface area (Å²) in [7, 11) is 1.89. The molecule has 0 atom stereocenters. The number of rotatable bonds is 3. The highest BCUT2D eigenvalue weighted by Crippen LogP contribution is 2.02. The summed E-state index contributed by atoms with van der Waals surface area (Å²) in [5, 5.41) is 0. The molecular weight excluding hydrogens is 160 g/mol. The largest absolute Gasteiger partial charge is 0.394 e. The van der Waals surface area contributed by atoms with Crippen LogP contribution in [-0.2, 0) is 14.3 Å². The van der Waals surface area contributed by atoms with E-state index in [4.69, 9.17) is 0 Å². The summed E-state index contributed by atoms with van der Waals surface area (Å²) in [6, 6.07) is 0. The van der Waals surface area contributed by atoms with Gasteiger partial charge in [-0.1, -0.05) is 0 Å². The van der Waals surface area contributed by atoms with Crippen LogP contribution in [0.2, 0.25) is 0 Å². The maximum atomic E-state index is 10.8. The summed E-state index contributed by atoms with van der Waals surface area (Å²) in [4.78, 5) is 24.2. The number of ether oxygens (including phenoxy) is 1. The van der Waals surface area contributed by atoms with Gasteiger partial charge < -0.3 is 14.5 Å². The molecule has 0 saturated carbocycles. The minimum absolute atomic E-state index is 0.111. The fourth-order valence-corrected chi connectivity index (χ4v) is 0.948. The van der Waals surface area contributed by atoms with Crippen LogP contribution in [0.1, 0.15) is 0 Å². The van der Waals surface area contributed by atoms with E-state index in [9.17, 15) is 9.59 Å². The topological polar surface area (TPSA) is 49.9 Å². The van der Waals surface area contributed by atoms with Crippen molar-refractivity contribution in [1.82, 2.24) is 9.80 Å². The third kappa shape index (κ3) is 2.26. The van der Waals surface area contributed by atoms with Crippen molar-refractivity contribution in [2.45, 2.75) is 0 Å². The number of nitrogens with zero attached hydrogens (tertiary/aromatic N) is 2. The molecule has 0 radical (unpaired) electrons. The van der Waals surface area contributed by atoms with Gasteiger partial charge in [0.1, 0.15) is 6.54 Å². The maximum Gasteiger partial charge on any atom is 0.333 e. The van der Waals surface area contributed by atoms with E-state index in [2.05, 4.69) is 4.74 Å². The highest BCUT2D eigenvalue weighted by atomic mass is 16.6. The summed E-state index contributed by atoms with van der Waals surface area (Å²) in [6.07, 6.45) is 3.61. The molecule has 0 aromatic carbocycles. The summed E-state index contributed by atoms with van der Waals surface area (Å²) >= 11 is 0. The lowest BCUT2D eigenvalue weighted by molar-refractivity contribution is -0.151. The van der Waals surface area contributed by atoms with Gasteiger partial charge in [-0.3, -0.25) is 4.79 Å². The molecule has 1 rings (SSSR count). The zero-order valence-corrected chi connectivity index (χ0v) is 6.77. The highest BCUT2D eigenvalue weighted by Gasteiger charge is 2.12. The van der Waals surface area contributed by atoms with Gasteiger partial charge >= 0.3 is 12.4 Å². The molecule has 0 aromatic rings. The van der Waals surface area contributed by atoms with Crippen LogP contribution in [0.4, 0.5) is 0 Å². The van der Waals surface area contributed by atoms with Gasteiger partial charge in [0, 0.05) is 19.4 Å². The van der Waals surface area contributed by atoms with E-state index in [-0.39, 0.29) is 13.0 Å². The predicted octanol–water partition coefficient (Wildman–Crippen LogP) is -0.638. The molecule has 0 N–H and O–H groups in total. The van der Waals surface area contributed by atoms with Crippen molar-refractivity contribution in [2.24, 2.45) is 0 Å². The van der Waals surface area contributed by atoms with Crippen molar-refractivity contribution in [1.29, 1.82) is 0 Å². The number of hydrogen-bond acceptors (Lipinski definition) is 5. The molecule has 0 amide bonds. The average Bonchev–Trinajstić information content (AvgIpc) is 2.36. The fraction of sp³-hybridized carbons (Fsp3) is 0.429. The van der Waals surface area contributed by atoms with E-state index < -0.39 is 5.97 Å². The Labute approximate surface area is 70.2 Å². The Kier molecular flexibility index (Phi) is 2.68. The van der Waals surface area contributed by atoms with E-state index in [0.717, 1.165) is 0 Å². The van der Waals surface area contributed by atoms with E-state index in [1.54, 1.807) is 11.1 Å². The Balaban J connectivity index is 2.28. The minimum Gasteiger partial charge on any atom is -0.394 e. The SMILES string of the molecule is CN1C=CN(CC(=O)OC=O)C1. The lowest BCUT2D eigenvalue weighted by Gasteiger charge is -2.15. The van der Waals surface area contributed by atoms with Gasteiger partial charge in [0.05, 0.1) is 6.67 Å². The standard InChI is InChI=1S/C7H10N2O3/c1-8-2-3-9(5-8)4-7(11)12-6-10/h2-3,6H,4-5H2,1H3. The highest BCUT2D eigenvalue weighted by molar-refractivity contribution is 5.78. The maximum absolute atomic E-state index is 10.8. The number of carbonyl (C=O) groups is 2. The second-order valence-corrected chi connectivity index (χ2v) is 2.53. The van der Waals surface area contributed by atoms with E-state index in [0.29, 0.717) is 6.67 Å². The average molecular weight is 170 g/mol. The Bertz CT molecular complexity index is 215. The summed E-state index contributed by atoms with van der Waals surface area (Å²) < 4.78 is 4.13. The lowest BCUT2D eigenvalue weighted by Crippen LogP contribution is -2.28. The third-order valence-corrected chi connectivity index (χ3v) is 1.45. The van der Waals surface area contributed by atoms with Crippen molar-refractivity contribution in [3.63, 3.8) is 0 Å². The predicted molar refractivity (Wildman–Crippen MR) is 40.6 cm³/mol. The van der Waals surface area contributed by atoms with Gasteiger partial charge in [-0.2, -0.15) is 0 Å². The van der Waals surface area contributed by atoms with Gasteiger partial charge in [-0.05, 0) is 0 Å². The van der Waals surface area contributed by atoms with Gasteiger partial charge in [-0.25, -0.2) is 4.79 Å². The Morgan fingerprint density at radius 1 is 1.67 bits per heavy atom. The van der Waals surface area contributed by atoms with Gasteiger partial charge in [0.2, 0.25) is 0 Å². The lowest BCUT2D eigenvalue weighted by atomic mass is 10.6. The Morgan fingerprint density at radius 3 is 2.92 bits per heavy atom. The zero-order valence-electron chi connectivity index (χ0n) is 6.77. The van der Waals surface area contributed by atoms with Gasteiger partial charge in [0.15, 0.2) is 0 Å². The second-order valence-electron chi connectivity index (χ2n) is 2.53. The summed E-state index contributed by atoms with van der Waals surface area (Å²) in [6.45, 7) is 0.902. The first kappa shape index (κ1) is 8.58. The van der Waals surface area contributed by atoms with Crippen LogP contribution in [0.25, 0.3) is 0 Å². The van der Waals surface area contributed by atoms with Crippen molar-refractivity contribution in [3.05, 3.63) is 12.4 Å². The van der Waals surface area contributed by atoms with Crippen LogP contribution in [0.3, 0.4) is 0 Å². The number of carbonyl (C=O) groups excluding carboxylic acids is 2. The number of hydrogen-bond donors (Lipinski definition) is 0. The first-order chi connectivity index (χ1) is 5.72. The van der Waals surface area contributed by atoms with Crippen molar-refractivity contribution in [2.75, 3.05) is 20.3 Å². The van der Waals surface area contributed by atoms with Gasteiger partial charge in [-0.15, -0.1) is 0 Å². The monoisotopic (exact) mass is 170 g/mol.